The number of halogens is 4. The summed E-state index contributed by atoms with van der Waals surface area (Å²) in [6.45, 7) is 6.37. The number of rotatable bonds is 13. The molecule has 3 saturated heterocycles. The number of alkyl halides is 3. The van der Waals surface area contributed by atoms with Gasteiger partial charge in [-0.1, -0.05) is 12.1 Å². The summed E-state index contributed by atoms with van der Waals surface area (Å²) in [4.78, 5) is 121. The van der Waals surface area contributed by atoms with E-state index >= 15 is 4.39 Å². The van der Waals surface area contributed by atoms with E-state index in [0.29, 0.717) is 75.9 Å². The Kier molecular flexibility index (Phi) is 14.3. The number of nitrogens with zero attached hydrogens (tertiary/aromatic N) is 7. The number of H-pyrrole nitrogens is 1. The molecule has 0 bridgehead atoms. The lowest BCUT2D eigenvalue weighted by atomic mass is 9.99. The first-order chi connectivity index (χ1) is 33.8. The van der Waals surface area contributed by atoms with Gasteiger partial charge in [0.05, 0.1) is 33.6 Å². The Morgan fingerprint density at radius 3 is 2.25 bits per heavy atom. The maximum atomic E-state index is 16.1. The number of aryl methyl sites for hydroxylation is 1. The molecule has 4 aliphatic rings. The summed E-state index contributed by atoms with van der Waals surface area (Å²) in [5.41, 5.74) is -1.86. The number of likely N-dealkylation sites (N-methyl/N-ethyl adjacent to an activating group) is 1. The average Bonchev–Trinajstić information content (AvgIpc) is 3.59. The fraction of sp³-hybridized carbons (Fsp3) is 0.417. The van der Waals surface area contributed by atoms with Crippen LogP contribution in [0.15, 0.2) is 59.8 Å². The number of carbonyl (C=O) groups excluding carboxylic acids is 7. The van der Waals surface area contributed by atoms with E-state index in [4.69, 9.17) is 0 Å². The zero-order chi connectivity index (χ0) is 50.9. The van der Waals surface area contributed by atoms with Gasteiger partial charge in [0.15, 0.2) is 0 Å². The SMILES string of the molecule is C[C@@H]1CN(c2cc(F)c(-c3cnc(N4CCN(C(=O)CCC(=O)NCCCc5cccc6c5C(=O)N(C5CCC(=O)NC5=O)C6=O)CC4)nc3)cc2NC(=O)c2c[nH]c(=O)cc2C(F)(F)F)C[C@H](C)N1C. The molecule has 0 saturated carbocycles. The number of anilines is 3. The van der Waals surface area contributed by atoms with Gasteiger partial charge in [-0.05, 0) is 63.9 Å². The fourth-order valence-corrected chi connectivity index (χ4v) is 9.38. The van der Waals surface area contributed by atoms with Gasteiger partial charge in [-0.25, -0.2) is 14.4 Å². The highest BCUT2D eigenvalue weighted by atomic mass is 19.4. The molecule has 8 rings (SSSR count). The first-order valence-corrected chi connectivity index (χ1v) is 23.2. The summed E-state index contributed by atoms with van der Waals surface area (Å²) in [5, 5.41) is 7.51. The van der Waals surface area contributed by atoms with E-state index in [0.717, 1.165) is 4.90 Å². The molecule has 0 spiro atoms. The van der Waals surface area contributed by atoms with Gasteiger partial charge >= 0.3 is 6.18 Å². The molecular formula is C48H51F4N11O8. The van der Waals surface area contributed by atoms with Crippen molar-refractivity contribution in [1.82, 2.24) is 40.3 Å². The van der Waals surface area contributed by atoms with Gasteiger partial charge in [0, 0.05) is 113 Å². The second kappa shape index (κ2) is 20.4. The zero-order valence-corrected chi connectivity index (χ0v) is 39.0. The number of carbonyl (C=O) groups is 7. The van der Waals surface area contributed by atoms with Crippen LogP contribution in [0, 0.1) is 5.82 Å². The largest absolute Gasteiger partial charge is 0.417 e. The molecule has 4 aromatic rings. The third kappa shape index (κ3) is 10.6. The number of fused-ring (bicyclic) bond motifs is 1. The summed E-state index contributed by atoms with van der Waals surface area (Å²) in [5.74, 6) is -4.49. The lowest BCUT2D eigenvalue weighted by Gasteiger charge is -2.44. The van der Waals surface area contributed by atoms with Crippen LogP contribution in [0.4, 0.5) is 34.9 Å². The van der Waals surface area contributed by atoms with Crippen LogP contribution in [-0.4, -0.2) is 142 Å². The molecule has 374 valence electrons. The van der Waals surface area contributed by atoms with Crippen LogP contribution in [-0.2, 0) is 31.8 Å². The first kappa shape index (κ1) is 49.8. The van der Waals surface area contributed by atoms with Crippen LogP contribution in [0.3, 0.4) is 0 Å². The number of pyridine rings is 1. The molecule has 0 radical (unpaired) electrons. The van der Waals surface area contributed by atoms with Crippen molar-refractivity contribution < 1.29 is 51.1 Å². The van der Waals surface area contributed by atoms with Gasteiger partial charge in [0.1, 0.15) is 11.9 Å². The van der Waals surface area contributed by atoms with E-state index in [1.807, 2.05) is 30.7 Å². The number of hydrogen-bond donors (Lipinski definition) is 4. The Morgan fingerprint density at radius 2 is 1.58 bits per heavy atom. The van der Waals surface area contributed by atoms with Crippen molar-refractivity contribution in [2.24, 2.45) is 0 Å². The van der Waals surface area contributed by atoms with E-state index in [1.54, 1.807) is 17.0 Å². The number of nitrogens with one attached hydrogen (secondary N) is 4. The highest BCUT2D eigenvalue weighted by Gasteiger charge is 2.45. The van der Waals surface area contributed by atoms with E-state index in [2.05, 4.69) is 35.8 Å². The molecule has 4 N–H and O–H groups in total. The molecule has 7 amide bonds. The predicted octanol–water partition coefficient (Wildman–Crippen LogP) is 3.35. The van der Waals surface area contributed by atoms with Crippen molar-refractivity contribution in [2.45, 2.75) is 76.7 Å². The number of imide groups is 2. The topological polar surface area (TPSA) is 230 Å². The van der Waals surface area contributed by atoms with Gasteiger partial charge in [-0.15, -0.1) is 0 Å². The quantitative estimate of drug-likeness (QED) is 0.0857. The second-order valence-electron chi connectivity index (χ2n) is 18.1. The Morgan fingerprint density at radius 1 is 0.873 bits per heavy atom. The van der Waals surface area contributed by atoms with Gasteiger partial charge in [0.25, 0.3) is 17.7 Å². The summed E-state index contributed by atoms with van der Waals surface area (Å²) in [6.07, 6.45) is -0.826. The molecule has 2 aromatic heterocycles. The summed E-state index contributed by atoms with van der Waals surface area (Å²) < 4.78 is 58.0. The molecule has 1 unspecified atom stereocenters. The number of benzene rings is 2. The number of piperazine rings is 2. The average molecular weight is 986 g/mol. The maximum absolute atomic E-state index is 16.1. The summed E-state index contributed by atoms with van der Waals surface area (Å²) >= 11 is 0. The Hall–Kier alpha value is -7.56. The highest BCUT2D eigenvalue weighted by Crippen LogP contribution is 2.38. The summed E-state index contributed by atoms with van der Waals surface area (Å²) in [6, 6.07) is 6.65. The van der Waals surface area contributed by atoms with Gasteiger partial charge in [-0.3, -0.25) is 53.5 Å². The molecule has 3 fully saturated rings. The van der Waals surface area contributed by atoms with Crippen molar-refractivity contribution in [3.63, 3.8) is 0 Å². The molecule has 3 atom stereocenters. The number of amides is 7. The monoisotopic (exact) mass is 985 g/mol. The number of piperidine rings is 1. The molecule has 0 aliphatic carbocycles. The minimum Gasteiger partial charge on any atom is -0.367 e. The Bertz CT molecular complexity index is 2840. The van der Waals surface area contributed by atoms with Gasteiger partial charge in [-0.2, -0.15) is 13.2 Å². The third-order valence-electron chi connectivity index (χ3n) is 13.4. The molecule has 2 aromatic carbocycles. The van der Waals surface area contributed by atoms with Crippen LogP contribution < -0.4 is 31.3 Å². The molecule has 6 heterocycles. The van der Waals surface area contributed by atoms with Crippen molar-refractivity contribution in [2.75, 3.05) is 68.0 Å². The van der Waals surface area contributed by atoms with Gasteiger partial charge < -0.3 is 30.3 Å². The van der Waals surface area contributed by atoms with Crippen LogP contribution in [0.2, 0.25) is 0 Å². The van der Waals surface area contributed by atoms with Crippen molar-refractivity contribution in [3.8, 4) is 11.1 Å². The van der Waals surface area contributed by atoms with Crippen LogP contribution in [0.5, 0.6) is 0 Å². The minimum atomic E-state index is -5.01. The molecule has 19 nitrogen and oxygen atoms in total. The first-order valence-electron chi connectivity index (χ1n) is 23.2. The van der Waals surface area contributed by atoms with Crippen molar-refractivity contribution in [3.05, 3.63) is 99.0 Å². The second-order valence-corrected chi connectivity index (χ2v) is 18.1. The minimum absolute atomic E-state index is 0.00933. The normalized spacial score (nSPS) is 19.7. The number of aromatic amines is 1. The zero-order valence-electron chi connectivity index (χ0n) is 39.0. The summed E-state index contributed by atoms with van der Waals surface area (Å²) in [7, 11) is 1.95. The molecule has 23 heteroatoms. The van der Waals surface area contributed by atoms with E-state index in [-0.39, 0.29) is 89.8 Å². The van der Waals surface area contributed by atoms with Crippen molar-refractivity contribution in [1.29, 1.82) is 0 Å². The molecular weight excluding hydrogens is 935 g/mol. The number of hydrogen-bond acceptors (Lipinski definition) is 13. The van der Waals surface area contributed by atoms with E-state index in [9.17, 15) is 51.5 Å². The lowest BCUT2D eigenvalue weighted by Crippen LogP contribution is -2.55. The maximum Gasteiger partial charge on any atom is 0.417 e. The van der Waals surface area contributed by atoms with Crippen molar-refractivity contribution >= 4 is 58.7 Å². The van der Waals surface area contributed by atoms with Crippen LogP contribution >= 0.6 is 0 Å². The Balaban J connectivity index is 0.842. The van der Waals surface area contributed by atoms with E-state index < -0.39 is 64.3 Å². The predicted molar refractivity (Wildman–Crippen MR) is 249 cm³/mol. The smallest absolute Gasteiger partial charge is 0.367 e. The van der Waals surface area contributed by atoms with Crippen LogP contribution in [0.1, 0.15) is 88.2 Å². The third-order valence-corrected chi connectivity index (χ3v) is 13.4. The number of aromatic nitrogens is 3. The van der Waals surface area contributed by atoms with Gasteiger partial charge in [0.2, 0.25) is 35.1 Å². The highest BCUT2D eigenvalue weighted by molar-refractivity contribution is 6.24. The van der Waals surface area contributed by atoms with E-state index in [1.165, 1.54) is 30.6 Å². The molecule has 4 aliphatic heterocycles. The van der Waals surface area contributed by atoms with Crippen LogP contribution in [0.25, 0.3) is 11.1 Å². The fourth-order valence-electron chi connectivity index (χ4n) is 9.38. The Labute approximate surface area is 403 Å². The molecule has 71 heavy (non-hydrogen) atoms. The lowest BCUT2D eigenvalue weighted by molar-refractivity contribution is -0.138. The standard InChI is InChI=1S/C48H51F4N11O8/c1-26-24-62(25-27(2)59(26)3)37-20-34(49)31(18-35(37)57-43(68)32-23-54-40(66)19-33(32)48(50,51)52)29-21-55-47(56-22-29)61-16-14-60(15-17-61)41(67)12-11-38(64)53-13-5-7-28-6-4-8-30-42(28)46(71)63(45(30)70)36-9-10-39(65)58-44(36)69/h4,6,8,18-23,26-27,36H,5,7,9-17,24-25H2,1-3H3,(H,53,64)(H,54,66)(H,57,68)(H,58,65,69)/t26-,27+,36?.